The zero-order valence-electron chi connectivity index (χ0n) is 15.4. The normalized spacial score (nSPS) is 10.8. The van der Waals surface area contributed by atoms with Gasteiger partial charge in [-0.05, 0) is 36.4 Å². The fourth-order valence-corrected chi connectivity index (χ4v) is 3.85. The highest BCUT2D eigenvalue weighted by Gasteiger charge is 2.20. The summed E-state index contributed by atoms with van der Waals surface area (Å²) in [5, 5.41) is 7.40. The first-order valence-corrected chi connectivity index (χ1v) is 10.6. The van der Waals surface area contributed by atoms with E-state index in [0.29, 0.717) is 0 Å². The first kappa shape index (κ1) is 22.5. The average molecular weight is 481 g/mol. The molecular formula is C20H12Cl2F2N4O2S. The van der Waals surface area contributed by atoms with Crippen LogP contribution in [0.15, 0.2) is 47.5 Å². The minimum atomic E-state index is -4.24. The third-order valence-corrected chi connectivity index (χ3v) is 6.08. The van der Waals surface area contributed by atoms with E-state index in [2.05, 4.69) is 16.8 Å². The molecule has 0 amide bonds. The molecular weight excluding hydrogens is 469 g/mol. The number of hydrogen-bond donors (Lipinski definition) is 3. The molecule has 1 heterocycles. The third-order valence-electron chi connectivity index (χ3n) is 3.97. The summed E-state index contributed by atoms with van der Waals surface area (Å²) in [5.41, 5.74) is 4.98. The molecule has 0 aliphatic carbocycles. The lowest BCUT2D eigenvalue weighted by molar-refractivity contribution is 0.578. The van der Waals surface area contributed by atoms with Gasteiger partial charge in [-0.1, -0.05) is 35.0 Å². The van der Waals surface area contributed by atoms with Crippen molar-refractivity contribution in [1.29, 1.82) is 5.41 Å². The minimum Gasteiger partial charge on any atom is -0.383 e. The van der Waals surface area contributed by atoms with Gasteiger partial charge in [-0.3, -0.25) is 4.72 Å². The minimum absolute atomic E-state index is 0.00271. The molecule has 0 aliphatic rings. The van der Waals surface area contributed by atoms with Crippen molar-refractivity contribution < 1.29 is 17.2 Å². The molecule has 31 heavy (non-hydrogen) atoms. The topological polar surface area (TPSA) is 109 Å². The molecule has 11 heteroatoms. The van der Waals surface area contributed by atoms with E-state index in [-0.39, 0.29) is 31.9 Å². The van der Waals surface area contributed by atoms with E-state index in [1.165, 1.54) is 24.4 Å². The van der Waals surface area contributed by atoms with Crippen LogP contribution in [0.25, 0.3) is 0 Å². The van der Waals surface area contributed by atoms with E-state index in [9.17, 15) is 17.2 Å². The standard InChI is InChI=1S/C20H12Cl2F2N4O2S/c21-15-4-2-13(8-16(15)22)31(29,30)28-18-6-5-17(23)14(19(18)24)3-1-11-7-12(9-25)20(26)27-10-11/h2,4-10,25,28H,(H2,26,27). The number of halogens is 4. The maximum absolute atomic E-state index is 14.8. The van der Waals surface area contributed by atoms with E-state index in [4.69, 9.17) is 34.3 Å². The third kappa shape index (κ3) is 4.94. The maximum Gasteiger partial charge on any atom is 0.262 e. The van der Waals surface area contributed by atoms with Crippen molar-refractivity contribution in [2.24, 2.45) is 0 Å². The van der Waals surface area contributed by atoms with Gasteiger partial charge in [0.2, 0.25) is 0 Å². The lowest BCUT2D eigenvalue weighted by Crippen LogP contribution is -2.14. The van der Waals surface area contributed by atoms with Crippen molar-refractivity contribution in [1.82, 2.24) is 4.98 Å². The van der Waals surface area contributed by atoms with Crippen LogP contribution in [0.5, 0.6) is 0 Å². The zero-order chi connectivity index (χ0) is 22.8. The molecule has 3 aromatic rings. The summed E-state index contributed by atoms with van der Waals surface area (Å²) >= 11 is 11.6. The number of benzene rings is 2. The van der Waals surface area contributed by atoms with Crippen LogP contribution < -0.4 is 10.5 Å². The van der Waals surface area contributed by atoms with Gasteiger partial charge in [-0.2, -0.15) is 0 Å². The summed E-state index contributed by atoms with van der Waals surface area (Å²) < 4.78 is 56.2. The average Bonchev–Trinajstić information content (AvgIpc) is 2.73. The fourth-order valence-electron chi connectivity index (χ4n) is 2.40. The number of anilines is 2. The Labute approximate surface area is 186 Å². The van der Waals surface area contributed by atoms with E-state index in [1.807, 2.05) is 4.72 Å². The molecule has 0 spiro atoms. The Balaban J connectivity index is 1.98. The number of nitrogens with zero attached hydrogens (tertiary/aromatic N) is 1. The largest absolute Gasteiger partial charge is 0.383 e. The number of nitrogens with two attached hydrogens (primary N) is 1. The summed E-state index contributed by atoms with van der Waals surface area (Å²) in [6.07, 6.45) is 2.25. The van der Waals surface area contributed by atoms with Crippen LogP contribution >= 0.6 is 23.2 Å². The van der Waals surface area contributed by atoms with Crippen LogP contribution in [-0.2, 0) is 10.0 Å². The lowest BCUT2D eigenvalue weighted by Gasteiger charge is -2.11. The van der Waals surface area contributed by atoms with Crippen molar-refractivity contribution in [3.8, 4) is 11.8 Å². The number of pyridine rings is 1. The van der Waals surface area contributed by atoms with E-state index >= 15 is 0 Å². The number of nitrogen functional groups attached to an aromatic ring is 1. The van der Waals surface area contributed by atoms with Gasteiger partial charge in [0.05, 0.1) is 26.2 Å². The van der Waals surface area contributed by atoms with E-state index in [1.54, 1.807) is 0 Å². The van der Waals surface area contributed by atoms with Crippen LogP contribution in [0.4, 0.5) is 20.3 Å². The monoisotopic (exact) mass is 480 g/mol. The van der Waals surface area contributed by atoms with Gasteiger partial charge in [-0.15, -0.1) is 0 Å². The number of sulfonamides is 1. The molecule has 0 aliphatic heterocycles. The molecule has 0 radical (unpaired) electrons. The first-order chi connectivity index (χ1) is 14.6. The second-order valence-corrected chi connectivity index (χ2v) is 8.55. The molecule has 3 rings (SSSR count). The second kappa shape index (κ2) is 8.89. The van der Waals surface area contributed by atoms with Crippen LogP contribution in [0, 0.1) is 28.9 Å². The van der Waals surface area contributed by atoms with Crippen LogP contribution in [0.2, 0.25) is 10.0 Å². The Morgan fingerprint density at radius 1 is 1.10 bits per heavy atom. The smallest absolute Gasteiger partial charge is 0.262 e. The highest BCUT2D eigenvalue weighted by atomic mass is 35.5. The summed E-state index contributed by atoms with van der Waals surface area (Å²) in [4.78, 5) is 3.59. The molecule has 0 saturated carbocycles. The Morgan fingerprint density at radius 3 is 2.52 bits per heavy atom. The summed E-state index contributed by atoms with van der Waals surface area (Å²) in [6, 6.07) is 6.80. The van der Waals surface area contributed by atoms with Gasteiger partial charge in [0.15, 0.2) is 5.82 Å². The Bertz CT molecular complexity index is 1370. The van der Waals surface area contributed by atoms with E-state index < -0.39 is 32.9 Å². The highest BCUT2D eigenvalue weighted by Crippen LogP contribution is 2.27. The number of hydrogen-bond acceptors (Lipinski definition) is 5. The molecule has 6 nitrogen and oxygen atoms in total. The predicted molar refractivity (Wildman–Crippen MR) is 116 cm³/mol. The van der Waals surface area contributed by atoms with Gasteiger partial charge in [0, 0.05) is 23.5 Å². The van der Waals surface area contributed by atoms with Crippen molar-refractivity contribution in [2.75, 3.05) is 10.5 Å². The SMILES string of the molecule is N=Cc1cc(C#Cc2c(F)ccc(NS(=O)(=O)c3ccc(Cl)c(Cl)c3)c2F)cnc1N. The van der Waals surface area contributed by atoms with Crippen LogP contribution in [-0.4, -0.2) is 19.6 Å². The van der Waals surface area contributed by atoms with Gasteiger partial charge in [-0.25, -0.2) is 22.2 Å². The molecule has 4 N–H and O–H groups in total. The molecule has 158 valence electrons. The molecule has 0 fully saturated rings. The Kier molecular flexibility index (Phi) is 6.45. The summed E-state index contributed by atoms with van der Waals surface area (Å²) in [7, 11) is -4.24. The van der Waals surface area contributed by atoms with Crippen molar-refractivity contribution in [2.45, 2.75) is 4.90 Å². The molecule has 2 aromatic carbocycles. The van der Waals surface area contributed by atoms with Gasteiger partial charge < -0.3 is 11.1 Å². The molecule has 1 aromatic heterocycles. The lowest BCUT2D eigenvalue weighted by atomic mass is 10.1. The highest BCUT2D eigenvalue weighted by molar-refractivity contribution is 7.92. The number of nitrogens with one attached hydrogen (secondary N) is 2. The summed E-state index contributed by atoms with van der Waals surface area (Å²) in [6.45, 7) is 0. The number of aromatic nitrogens is 1. The van der Waals surface area contributed by atoms with Gasteiger partial charge in [0.1, 0.15) is 11.6 Å². The van der Waals surface area contributed by atoms with Crippen molar-refractivity contribution in [3.05, 3.63) is 81.0 Å². The first-order valence-electron chi connectivity index (χ1n) is 8.36. The zero-order valence-corrected chi connectivity index (χ0v) is 17.7. The van der Waals surface area contributed by atoms with Crippen LogP contribution in [0.3, 0.4) is 0 Å². The quantitative estimate of drug-likeness (QED) is 0.378. The maximum atomic E-state index is 14.8. The van der Waals surface area contributed by atoms with E-state index in [0.717, 1.165) is 24.4 Å². The Hall–Kier alpha value is -3.19. The van der Waals surface area contributed by atoms with Crippen LogP contribution in [0.1, 0.15) is 16.7 Å². The summed E-state index contributed by atoms with van der Waals surface area (Å²) in [5.74, 6) is 2.76. The van der Waals surface area contributed by atoms with Crippen molar-refractivity contribution >= 4 is 50.9 Å². The van der Waals surface area contributed by atoms with Crippen molar-refractivity contribution in [3.63, 3.8) is 0 Å². The van der Waals surface area contributed by atoms with Gasteiger partial charge >= 0.3 is 0 Å². The second-order valence-electron chi connectivity index (χ2n) is 6.06. The molecule has 0 bridgehead atoms. The fraction of sp³-hybridized carbons (Fsp3) is 0. The Morgan fingerprint density at radius 2 is 1.84 bits per heavy atom. The predicted octanol–water partition coefficient (Wildman–Crippen LogP) is 4.45. The molecule has 0 saturated heterocycles. The molecule has 0 unspecified atom stereocenters. The van der Waals surface area contributed by atoms with Gasteiger partial charge in [0.25, 0.3) is 10.0 Å². The molecule has 0 atom stereocenters. The number of rotatable bonds is 4.